The van der Waals surface area contributed by atoms with E-state index in [0.29, 0.717) is 72.0 Å². The van der Waals surface area contributed by atoms with Gasteiger partial charge in [-0.05, 0) is 134 Å². The van der Waals surface area contributed by atoms with Gasteiger partial charge in [0.05, 0.1) is 27.3 Å². The second-order valence-electron chi connectivity index (χ2n) is 18.8. The lowest BCUT2D eigenvalue weighted by atomic mass is 9.89. The van der Waals surface area contributed by atoms with E-state index < -0.39 is 11.9 Å². The number of fused-ring (bicyclic) bond motifs is 3. The predicted molar refractivity (Wildman–Crippen MR) is 265 cm³/mol. The van der Waals surface area contributed by atoms with Crippen molar-refractivity contribution in [3.05, 3.63) is 136 Å². The van der Waals surface area contributed by atoms with Crippen LogP contribution in [-0.4, -0.2) is 92.7 Å². The highest BCUT2D eigenvalue weighted by molar-refractivity contribution is 7.22. The first-order valence-electron chi connectivity index (χ1n) is 23.9. The maximum atomic E-state index is 13.6. The van der Waals surface area contributed by atoms with Crippen LogP contribution in [0.15, 0.2) is 97.1 Å². The molecule has 3 amide bonds. The number of anilines is 3. The number of pyridine rings is 1. The fourth-order valence-corrected chi connectivity index (χ4v) is 11.6. The summed E-state index contributed by atoms with van der Waals surface area (Å²) >= 11 is 1.43. The van der Waals surface area contributed by atoms with Crippen molar-refractivity contribution >= 4 is 72.8 Å². The van der Waals surface area contributed by atoms with Gasteiger partial charge in [-0.2, -0.15) is 5.10 Å². The number of aromatic carboxylic acids is 1. The minimum Gasteiger partial charge on any atom is -0.489 e. The van der Waals surface area contributed by atoms with Crippen molar-refractivity contribution in [2.24, 2.45) is 13.0 Å². The summed E-state index contributed by atoms with van der Waals surface area (Å²) in [5, 5.41) is 22.0. The van der Waals surface area contributed by atoms with Gasteiger partial charge in [0.2, 0.25) is 11.8 Å². The second kappa shape index (κ2) is 18.7. The number of ether oxygens (including phenoxy) is 1. The fourth-order valence-electron chi connectivity index (χ4n) is 10.8. The highest BCUT2D eigenvalue weighted by Gasteiger charge is 2.33. The zero-order chi connectivity index (χ0) is 47.2. The van der Waals surface area contributed by atoms with E-state index in [1.54, 1.807) is 6.07 Å². The smallest absolute Gasteiger partial charge is 0.354 e. The quantitative estimate of drug-likeness (QED) is 0.101. The zero-order valence-electron chi connectivity index (χ0n) is 38.4. The van der Waals surface area contributed by atoms with E-state index in [9.17, 15) is 24.3 Å². The Bertz CT molecular complexity index is 3110. The molecular weight excluding hydrogens is 891 g/mol. The van der Waals surface area contributed by atoms with Crippen molar-refractivity contribution in [2.45, 2.75) is 63.5 Å². The Morgan fingerprint density at radius 1 is 0.870 bits per heavy atom. The van der Waals surface area contributed by atoms with Crippen LogP contribution < -0.4 is 25.2 Å². The molecule has 3 aromatic heterocycles. The summed E-state index contributed by atoms with van der Waals surface area (Å²) in [7, 11) is 1.92. The molecule has 15 nitrogen and oxygen atoms in total. The maximum Gasteiger partial charge on any atom is 0.354 e. The van der Waals surface area contributed by atoms with Crippen LogP contribution in [0, 0.1) is 5.92 Å². The lowest BCUT2D eigenvalue weighted by Gasteiger charge is -2.34. The largest absolute Gasteiger partial charge is 0.489 e. The molecule has 0 bridgehead atoms. The maximum absolute atomic E-state index is 13.6. The average molecular weight is 944 g/mol. The van der Waals surface area contributed by atoms with Gasteiger partial charge in [0.15, 0.2) is 10.8 Å². The number of aryl methyl sites for hydroxylation is 1. The number of amides is 3. The number of carbonyl (C=O) groups is 4. The number of likely N-dealkylation sites (tertiary alicyclic amines) is 1. The van der Waals surface area contributed by atoms with Gasteiger partial charge in [-0.15, -0.1) is 0 Å². The summed E-state index contributed by atoms with van der Waals surface area (Å²) in [6, 6.07) is 31.8. The molecule has 3 N–H and O–H groups in total. The van der Waals surface area contributed by atoms with Crippen molar-refractivity contribution in [3.8, 4) is 5.75 Å². The Hall–Kier alpha value is -7.17. The molecule has 0 radical (unpaired) electrons. The standard InChI is InChI=1S/C53H53N9O6S/c1-59-44-27-37(13-14-40(44)49(58-59)41-15-17-47(63)56-51(41)65)61-24-18-32(29-61)28-60-22-19-33(20-23-60)35-7-4-8-38(26-35)68-31-36-12-16-46(55-48(36)52(66)67)62-25-21-34-6-5-9-39(42(34)30-62)50(64)57-53-54-43-10-2-3-11-45(43)69-53/h2-14,16,26-27,32-33,41H,15,17-25,28-31H2,1H3,(H,66,67)(H,54,57,64)(H,56,63,65)/t32-,41?/m0/s1. The lowest BCUT2D eigenvalue weighted by Crippen LogP contribution is -2.39. The summed E-state index contributed by atoms with van der Waals surface area (Å²) in [5.41, 5.74) is 7.94. The third kappa shape index (κ3) is 9.13. The molecular formula is C53H53N9O6S. The highest BCUT2D eigenvalue weighted by Crippen LogP contribution is 2.36. The number of carboxylic acid groups (broad SMARTS) is 1. The number of benzene rings is 4. The van der Waals surface area contributed by atoms with Crippen molar-refractivity contribution in [1.29, 1.82) is 0 Å². The third-order valence-electron chi connectivity index (χ3n) is 14.4. The number of nitrogens with zero attached hydrogens (tertiary/aromatic N) is 7. The molecule has 11 rings (SSSR count). The average Bonchev–Trinajstić information content (AvgIpc) is 4.10. The van der Waals surface area contributed by atoms with E-state index >= 15 is 0 Å². The van der Waals surface area contributed by atoms with E-state index in [1.807, 2.05) is 77.3 Å². The number of nitrogens with one attached hydrogen (secondary N) is 2. The van der Waals surface area contributed by atoms with E-state index in [0.717, 1.165) is 89.9 Å². The molecule has 2 atom stereocenters. The lowest BCUT2D eigenvalue weighted by molar-refractivity contribution is -0.134. The minimum atomic E-state index is -1.12. The van der Waals surface area contributed by atoms with Gasteiger partial charge in [-0.1, -0.05) is 47.7 Å². The van der Waals surface area contributed by atoms with Gasteiger partial charge in [0.1, 0.15) is 18.2 Å². The van der Waals surface area contributed by atoms with Crippen LogP contribution in [0.3, 0.4) is 0 Å². The first kappa shape index (κ1) is 44.3. The number of piperidine rings is 2. The first-order valence-corrected chi connectivity index (χ1v) is 24.7. The Morgan fingerprint density at radius 2 is 1.72 bits per heavy atom. The third-order valence-corrected chi connectivity index (χ3v) is 15.4. The van der Waals surface area contributed by atoms with Crippen molar-refractivity contribution in [2.75, 3.05) is 54.4 Å². The van der Waals surface area contributed by atoms with Gasteiger partial charge >= 0.3 is 5.97 Å². The molecule has 0 spiro atoms. The number of aromatic nitrogens is 4. The molecule has 0 saturated carbocycles. The number of carbonyl (C=O) groups excluding carboxylic acids is 3. The van der Waals surface area contributed by atoms with Gasteiger partial charge in [-0.25, -0.2) is 14.8 Å². The van der Waals surface area contributed by atoms with Crippen LogP contribution in [-0.2, 0) is 36.2 Å². The molecule has 3 fully saturated rings. The minimum absolute atomic E-state index is 0.0517. The molecule has 4 aliphatic heterocycles. The van der Waals surface area contributed by atoms with E-state index in [4.69, 9.17) is 9.84 Å². The Labute approximate surface area is 403 Å². The molecule has 1 unspecified atom stereocenters. The van der Waals surface area contributed by atoms with Crippen LogP contribution in [0.2, 0.25) is 0 Å². The number of para-hydroxylation sites is 1. The second-order valence-corrected chi connectivity index (χ2v) is 19.8. The molecule has 7 aromatic rings. The van der Waals surface area contributed by atoms with Crippen LogP contribution in [0.4, 0.5) is 16.6 Å². The summed E-state index contributed by atoms with van der Waals surface area (Å²) in [5.74, 6) is -0.0509. The first-order chi connectivity index (χ1) is 33.6. The highest BCUT2D eigenvalue weighted by atomic mass is 32.1. The van der Waals surface area contributed by atoms with Crippen LogP contribution in [0.25, 0.3) is 21.1 Å². The molecule has 16 heteroatoms. The molecule has 4 aromatic carbocycles. The van der Waals surface area contributed by atoms with Gasteiger partial charge < -0.3 is 24.5 Å². The van der Waals surface area contributed by atoms with Crippen LogP contribution in [0.5, 0.6) is 5.75 Å². The Morgan fingerprint density at radius 3 is 2.57 bits per heavy atom. The van der Waals surface area contributed by atoms with E-state index in [1.165, 1.54) is 22.6 Å². The van der Waals surface area contributed by atoms with Crippen molar-refractivity contribution in [3.63, 3.8) is 0 Å². The summed E-state index contributed by atoms with van der Waals surface area (Å²) in [4.78, 5) is 66.9. The molecule has 3 saturated heterocycles. The number of thiazole rings is 1. The van der Waals surface area contributed by atoms with Gasteiger partial charge in [0, 0.05) is 68.4 Å². The molecule has 0 aliphatic carbocycles. The summed E-state index contributed by atoms with van der Waals surface area (Å²) in [6.07, 6.45) is 4.73. The number of hydrogen-bond donors (Lipinski definition) is 3. The van der Waals surface area contributed by atoms with Gasteiger partial charge in [-0.3, -0.25) is 29.7 Å². The Balaban J connectivity index is 0.680. The van der Waals surface area contributed by atoms with E-state index in [2.05, 4.69) is 60.7 Å². The number of carboxylic acids is 1. The topological polar surface area (TPSA) is 175 Å². The predicted octanol–water partition coefficient (Wildman–Crippen LogP) is 7.90. The normalized spacial score (nSPS) is 19.0. The van der Waals surface area contributed by atoms with Crippen molar-refractivity contribution < 1.29 is 29.0 Å². The molecule has 69 heavy (non-hydrogen) atoms. The van der Waals surface area contributed by atoms with Crippen LogP contribution in [0.1, 0.15) is 92.7 Å². The zero-order valence-corrected chi connectivity index (χ0v) is 39.2. The van der Waals surface area contributed by atoms with Gasteiger partial charge in [0.25, 0.3) is 5.91 Å². The van der Waals surface area contributed by atoms with Crippen molar-refractivity contribution in [1.82, 2.24) is 30.0 Å². The molecule has 352 valence electrons. The number of rotatable bonds is 12. The molecule has 7 heterocycles. The fraction of sp³-hybridized carbons (Fsp3) is 0.340. The Kier molecular flexibility index (Phi) is 12.0. The van der Waals surface area contributed by atoms with E-state index in [-0.39, 0.29) is 30.0 Å². The summed E-state index contributed by atoms with van der Waals surface area (Å²) < 4.78 is 9.12. The van der Waals surface area contributed by atoms with Crippen LogP contribution >= 0.6 is 11.3 Å². The number of hydrogen-bond acceptors (Lipinski definition) is 12. The molecule has 4 aliphatic rings. The SMILES string of the molecule is Cn1nc(C2CCC(=O)NC2=O)c2ccc(N3CC[C@@H](CN4CCC(c5cccc(OCc6ccc(N7CCc8cccc(C(=O)Nc9nc%10ccccc%10s9)c8C7)nc6C(=O)O)c5)CC4)C3)cc21. The summed E-state index contributed by atoms with van der Waals surface area (Å²) in [6.45, 7) is 6.21. The monoisotopic (exact) mass is 943 g/mol. The number of imide groups is 1.